The number of anilines is 1. The summed E-state index contributed by atoms with van der Waals surface area (Å²) in [5.74, 6) is -1.80. The number of halogens is 2. The average Bonchev–Trinajstić information content (AvgIpc) is 3.21. The second-order valence-electron chi connectivity index (χ2n) is 7.10. The number of nitrogens with two attached hydrogens (primary N) is 1. The minimum absolute atomic E-state index is 0.156. The minimum atomic E-state index is -0.904. The first-order chi connectivity index (χ1) is 13.5. The van der Waals surface area contributed by atoms with E-state index in [1.54, 1.807) is 27.9 Å². The zero-order valence-electron chi connectivity index (χ0n) is 15.5. The zero-order chi connectivity index (χ0) is 19.7. The van der Waals surface area contributed by atoms with Gasteiger partial charge in [0.25, 0.3) is 0 Å². The summed E-state index contributed by atoms with van der Waals surface area (Å²) in [4.78, 5) is 14.4. The highest BCUT2D eigenvalue weighted by Crippen LogP contribution is 2.32. The van der Waals surface area contributed by atoms with Gasteiger partial charge in [-0.15, -0.1) is 0 Å². The summed E-state index contributed by atoms with van der Waals surface area (Å²) in [7, 11) is 0. The molecule has 7 nitrogen and oxygen atoms in total. The van der Waals surface area contributed by atoms with Crippen LogP contribution in [-0.2, 0) is 4.74 Å². The van der Waals surface area contributed by atoms with Crippen molar-refractivity contribution in [2.75, 3.05) is 37.7 Å². The van der Waals surface area contributed by atoms with Gasteiger partial charge >= 0.3 is 6.03 Å². The lowest BCUT2D eigenvalue weighted by molar-refractivity contribution is -0.0394. The number of urea groups is 1. The van der Waals surface area contributed by atoms with Gasteiger partial charge in [0.1, 0.15) is 6.23 Å². The number of amides is 2. The number of nitrogens with zero attached hydrogens (tertiary/aromatic N) is 4. The Hall–Kier alpha value is -2.68. The maximum Gasteiger partial charge on any atom is 0.314 e. The normalized spacial score (nSPS) is 20.4. The highest BCUT2D eigenvalue weighted by Gasteiger charge is 2.25. The Morgan fingerprint density at radius 1 is 1.14 bits per heavy atom. The van der Waals surface area contributed by atoms with E-state index in [0.717, 1.165) is 19.3 Å². The number of piperazine rings is 1. The summed E-state index contributed by atoms with van der Waals surface area (Å²) in [6.45, 7) is 2.24. The van der Waals surface area contributed by atoms with Crippen molar-refractivity contribution in [1.82, 2.24) is 14.7 Å². The number of hydrogen-bond donors (Lipinski definition) is 1. The Morgan fingerprint density at radius 2 is 1.93 bits per heavy atom. The third-order valence-electron chi connectivity index (χ3n) is 5.36. The molecule has 0 radical (unpaired) electrons. The SMILES string of the molecule is NC(=O)N1CCN(c2ccc(-c3cnn(C4CCCCO4)c3)c(F)c2F)CC1. The van der Waals surface area contributed by atoms with Crippen molar-refractivity contribution in [3.8, 4) is 11.1 Å². The smallest absolute Gasteiger partial charge is 0.314 e. The minimum Gasteiger partial charge on any atom is -0.366 e. The highest BCUT2D eigenvalue weighted by molar-refractivity contribution is 5.72. The molecule has 0 saturated carbocycles. The first kappa shape index (κ1) is 18.7. The summed E-state index contributed by atoms with van der Waals surface area (Å²) < 4.78 is 36.9. The van der Waals surface area contributed by atoms with Crippen molar-refractivity contribution in [2.45, 2.75) is 25.5 Å². The highest BCUT2D eigenvalue weighted by atomic mass is 19.2. The number of hydrogen-bond acceptors (Lipinski definition) is 4. The van der Waals surface area contributed by atoms with Crippen molar-refractivity contribution >= 4 is 11.7 Å². The van der Waals surface area contributed by atoms with Crippen molar-refractivity contribution in [1.29, 1.82) is 0 Å². The van der Waals surface area contributed by atoms with Crippen molar-refractivity contribution < 1.29 is 18.3 Å². The van der Waals surface area contributed by atoms with E-state index >= 15 is 0 Å². The molecule has 2 N–H and O–H groups in total. The van der Waals surface area contributed by atoms with Crippen LogP contribution in [0.4, 0.5) is 19.3 Å². The molecule has 1 atom stereocenters. The largest absolute Gasteiger partial charge is 0.366 e. The number of aromatic nitrogens is 2. The van der Waals surface area contributed by atoms with Crippen molar-refractivity contribution in [2.24, 2.45) is 5.73 Å². The molecule has 2 saturated heterocycles. The van der Waals surface area contributed by atoms with Crippen LogP contribution in [0.2, 0.25) is 0 Å². The maximum absolute atomic E-state index is 14.8. The predicted molar refractivity (Wildman–Crippen MR) is 99.8 cm³/mol. The van der Waals surface area contributed by atoms with Crippen molar-refractivity contribution in [3.63, 3.8) is 0 Å². The van der Waals surface area contributed by atoms with E-state index in [9.17, 15) is 13.6 Å². The van der Waals surface area contributed by atoms with Gasteiger partial charge in [-0.1, -0.05) is 0 Å². The lowest BCUT2D eigenvalue weighted by Crippen LogP contribution is -2.50. The van der Waals surface area contributed by atoms with Gasteiger partial charge in [0, 0.05) is 50.1 Å². The van der Waals surface area contributed by atoms with E-state index < -0.39 is 17.7 Å². The Morgan fingerprint density at radius 3 is 2.61 bits per heavy atom. The molecule has 1 aromatic carbocycles. The van der Waals surface area contributed by atoms with Gasteiger partial charge in [-0.2, -0.15) is 5.10 Å². The number of ether oxygens (including phenoxy) is 1. The molecule has 9 heteroatoms. The van der Waals surface area contributed by atoms with Gasteiger partial charge in [-0.3, -0.25) is 0 Å². The summed E-state index contributed by atoms with van der Waals surface area (Å²) in [5.41, 5.74) is 6.13. The lowest BCUT2D eigenvalue weighted by atomic mass is 10.1. The molecule has 2 aliphatic heterocycles. The molecule has 2 fully saturated rings. The Labute approximate surface area is 161 Å². The molecule has 0 spiro atoms. The van der Waals surface area contributed by atoms with Crippen LogP contribution in [0.15, 0.2) is 24.5 Å². The van der Waals surface area contributed by atoms with Crippen LogP contribution in [0, 0.1) is 11.6 Å². The average molecular weight is 391 g/mol. The monoisotopic (exact) mass is 391 g/mol. The van der Waals surface area contributed by atoms with Gasteiger partial charge in [-0.05, 0) is 31.4 Å². The van der Waals surface area contributed by atoms with Crippen LogP contribution in [0.3, 0.4) is 0 Å². The van der Waals surface area contributed by atoms with Gasteiger partial charge in [0.05, 0.1) is 11.9 Å². The van der Waals surface area contributed by atoms with Crippen molar-refractivity contribution in [3.05, 3.63) is 36.2 Å². The summed E-state index contributed by atoms with van der Waals surface area (Å²) in [5, 5.41) is 4.27. The number of carbonyl (C=O) groups is 1. The fourth-order valence-corrected chi connectivity index (χ4v) is 3.74. The zero-order valence-corrected chi connectivity index (χ0v) is 15.5. The number of primary amides is 1. The quantitative estimate of drug-likeness (QED) is 0.873. The van der Waals surface area contributed by atoms with Crippen LogP contribution in [-0.4, -0.2) is 53.5 Å². The Kier molecular flexibility index (Phi) is 5.17. The standard InChI is InChI=1S/C19H23F2N5O2/c20-17-14(13-11-23-26(12-13)16-3-1-2-10-28-16)4-5-15(18(17)21)24-6-8-25(9-7-24)19(22)27/h4-5,11-12,16H,1-3,6-10H2,(H2,22,27). The molecular formula is C19H23F2N5O2. The van der Waals surface area contributed by atoms with Gasteiger partial charge in [-0.25, -0.2) is 18.3 Å². The molecule has 28 heavy (non-hydrogen) atoms. The summed E-state index contributed by atoms with van der Waals surface area (Å²) in [6, 6.07) is 2.64. The molecule has 3 heterocycles. The number of carbonyl (C=O) groups excluding carboxylic acids is 1. The molecule has 2 aliphatic rings. The van der Waals surface area contributed by atoms with Crippen LogP contribution < -0.4 is 10.6 Å². The van der Waals surface area contributed by atoms with E-state index in [1.807, 2.05) is 0 Å². The Bertz CT molecular complexity index is 858. The van der Waals surface area contributed by atoms with Crippen LogP contribution in [0.25, 0.3) is 11.1 Å². The van der Waals surface area contributed by atoms with Crippen LogP contribution in [0.5, 0.6) is 0 Å². The number of rotatable bonds is 3. The Balaban J connectivity index is 1.53. The summed E-state index contributed by atoms with van der Waals surface area (Å²) in [6.07, 6.45) is 6.01. The molecule has 1 aromatic heterocycles. The third-order valence-corrected chi connectivity index (χ3v) is 5.36. The van der Waals surface area contributed by atoms with E-state index in [0.29, 0.717) is 38.3 Å². The van der Waals surface area contributed by atoms with Crippen LogP contribution in [0.1, 0.15) is 25.5 Å². The molecule has 2 amide bonds. The molecule has 0 bridgehead atoms. The fraction of sp³-hybridized carbons (Fsp3) is 0.474. The molecule has 2 aromatic rings. The number of benzene rings is 1. The first-order valence-electron chi connectivity index (χ1n) is 9.48. The topological polar surface area (TPSA) is 76.6 Å². The molecule has 4 rings (SSSR count). The maximum atomic E-state index is 14.8. The first-order valence-corrected chi connectivity index (χ1v) is 9.48. The fourth-order valence-electron chi connectivity index (χ4n) is 3.74. The van der Waals surface area contributed by atoms with E-state index in [-0.39, 0.29) is 17.5 Å². The molecule has 150 valence electrons. The van der Waals surface area contributed by atoms with Crippen LogP contribution >= 0.6 is 0 Å². The van der Waals surface area contributed by atoms with Gasteiger partial charge in [0.15, 0.2) is 11.6 Å². The predicted octanol–water partition coefficient (Wildman–Crippen LogP) is 2.73. The third kappa shape index (κ3) is 3.54. The molecule has 1 unspecified atom stereocenters. The summed E-state index contributed by atoms with van der Waals surface area (Å²) >= 11 is 0. The lowest BCUT2D eigenvalue weighted by Gasteiger charge is -2.35. The van der Waals surface area contributed by atoms with Gasteiger partial charge < -0.3 is 20.3 Å². The molecular weight excluding hydrogens is 368 g/mol. The van der Waals surface area contributed by atoms with Gasteiger partial charge in [0.2, 0.25) is 0 Å². The van der Waals surface area contributed by atoms with E-state index in [1.165, 1.54) is 11.1 Å². The second-order valence-corrected chi connectivity index (χ2v) is 7.10. The van der Waals surface area contributed by atoms with E-state index in [2.05, 4.69) is 5.10 Å². The molecule has 0 aliphatic carbocycles. The van der Waals surface area contributed by atoms with E-state index in [4.69, 9.17) is 10.5 Å². The second kappa shape index (κ2) is 7.75.